The maximum absolute atomic E-state index is 11.7. The van der Waals surface area contributed by atoms with Crippen LogP contribution in [0.1, 0.15) is 12.5 Å². The molecule has 4 heteroatoms. The van der Waals surface area contributed by atoms with Crippen molar-refractivity contribution in [2.45, 2.75) is 18.8 Å². The van der Waals surface area contributed by atoms with Crippen molar-refractivity contribution in [2.24, 2.45) is 5.73 Å². The molecule has 0 aliphatic carbocycles. The third-order valence-corrected chi connectivity index (χ3v) is 2.44. The lowest BCUT2D eigenvalue weighted by Crippen LogP contribution is -2.30. The Kier molecular flexibility index (Phi) is 2.46. The quantitative estimate of drug-likeness (QED) is 0.587. The molecule has 2 atom stereocenters. The second kappa shape index (κ2) is 3.64. The summed E-state index contributed by atoms with van der Waals surface area (Å²) < 4.78 is 10.2. The third-order valence-electron chi connectivity index (χ3n) is 2.44. The summed E-state index contributed by atoms with van der Waals surface area (Å²) in [6, 6.07) is 9.17. The Morgan fingerprint density at radius 2 is 2.13 bits per heavy atom. The Bertz CT molecular complexity index is 365. The molecule has 1 aromatic carbocycles. The van der Waals surface area contributed by atoms with E-state index in [4.69, 9.17) is 15.2 Å². The van der Waals surface area contributed by atoms with Crippen molar-refractivity contribution < 1.29 is 14.3 Å². The minimum absolute atomic E-state index is 0.323. The highest BCUT2D eigenvalue weighted by molar-refractivity contribution is 5.85. The summed E-state index contributed by atoms with van der Waals surface area (Å²) >= 11 is 0. The van der Waals surface area contributed by atoms with E-state index in [0.29, 0.717) is 6.61 Å². The Morgan fingerprint density at radius 3 is 2.60 bits per heavy atom. The molecule has 0 amide bonds. The Hall–Kier alpha value is -1.39. The van der Waals surface area contributed by atoms with Crippen molar-refractivity contribution in [2.75, 3.05) is 6.61 Å². The highest BCUT2D eigenvalue weighted by atomic mass is 16.7. The van der Waals surface area contributed by atoms with Crippen molar-refractivity contribution >= 4 is 5.97 Å². The summed E-state index contributed by atoms with van der Waals surface area (Å²) in [6.45, 7) is 2.08. The number of hydrogen-bond acceptors (Lipinski definition) is 4. The van der Waals surface area contributed by atoms with Crippen LogP contribution in [0, 0.1) is 0 Å². The first kappa shape index (κ1) is 10.1. The average Bonchev–Trinajstić information content (AvgIpc) is 2.93. The lowest BCUT2D eigenvalue weighted by molar-refractivity contribution is -0.149. The van der Waals surface area contributed by atoms with Crippen LogP contribution in [0.2, 0.25) is 0 Å². The van der Waals surface area contributed by atoms with Crippen LogP contribution in [0.5, 0.6) is 0 Å². The minimum atomic E-state index is -1.07. The van der Waals surface area contributed by atoms with E-state index in [9.17, 15) is 4.79 Å². The van der Waals surface area contributed by atoms with Crippen LogP contribution in [0.4, 0.5) is 0 Å². The molecule has 0 saturated carbocycles. The number of epoxide rings is 1. The molecular formula is C11H13NO3. The lowest BCUT2D eigenvalue weighted by Gasteiger charge is -2.10. The van der Waals surface area contributed by atoms with Crippen molar-refractivity contribution in [1.82, 2.24) is 0 Å². The van der Waals surface area contributed by atoms with Crippen LogP contribution in [0.25, 0.3) is 0 Å². The number of esters is 1. The van der Waals surface area contributed by atoms with E-state index in [-0.39, 0.29) is 0 Å². The molecule has 2 N–H and O–H groups in total. The number of ether oxygens (including phenoxy) is 2. The van der Waals surface area contributed by atoms with Gasteiger partial charge >= 0.3 is 5.97 Å². The summed E-state index contributed by atoms with van der Waals surface area (Å²) in [4.78, 5) is 11.7. The van der Waals surface area contributed by atoms with Crippen LogP contribution in [0.3, 0.4) is 0 Å². The van der Waals surface area contributed by atoms with E-state index >= 15 is 0 Å². The van der Waals surface area contributed by atoms with Gasteiger partial charge in [-0.3, -0.25) is 0 Å². The fraction of sp³-hybridized carbons (Fsp3) is 0.364. The van der Waals surface area contributed by atoms with E-state index in [1.54, 1.807) is 6.92 Å². The SMILES string of the molecule is CCOC(=O)C1(c2ccccc2)OC1N. The van der Waals surface area contributed by atoms with E-state index in [1.165, 1.54) is 0 Å². The molecule has 2 rings (SSSR count). The molecule has 1 saturated heterocycles. The van der Waals surface area contributed by atoms with E-state index < -0.39 is 17.8 Å². The summed E-state index contributed by atoms with van der Waals surface area (Å²) in [5, 5.41) is 0. The van der Waals surface area contributed by atoms with Crippen molar-refractivity contribution in [3.63, 3.8) is 0 Å². The predicted octanol–water partition coefficient (Wildman–Crippen LogP) is 0.760. The van der Waals surface area contributed by atoms with Gasteiger partial charge in [-0.2, -0.15) is 0 Å². The lowest BCUT2D eigenvalue weighted by atomic mass is 9.99. The normalized spacial score (nSPS) is 28.5. The molecule has 1 aromatic rings. The molecule has 1 heterocycles. The Balaban J connectivity index is 2.28. The van der Waals surface area contributed by atoms with Gasteiger partial charge in [0.15, 0.2) is 6.23 Å². The molecule has 80 valence electrons. The zero-order valence-corrected chi connectivity index (χ0v) is 8.47. The molecule has 2 unspecified atom stereocenters. The first-order chi connectivity index (χ1) is 7.21. The second-order valence-electron chi connectivity index (χ2n) is 3.36. The zero-order valence-electron chi connectivity index (χ0n) is 8.47. The molecule has 0 spiro atoms. The van der Waals surface area contributed by atoms with Gasteiger partial charge in [0.1, 0.15) is 0 Å². The van der Waals surface area contributed by atoms with Crippen LogP contribution < -0.4 is 5.73 Å². The minimum Gasteiger partial charge on any atom is -0.463 e. The molecule has 1 aliphatic heterocycles. The van der Waals surface area contributed by atoms with Gasteiger partial charge in [-0.15, -0.1) is 0 Å². The van der Waals surface area contributed by atoms with Crippen molar-refractivity contribution in [1.29, 1.82) is 0 Å². The van der Waals surface area contributed by atoms with Gasteiger partial charge in [-0.25, -0.2) is 4.79 Å². The number of carbonyl (C=O) groups is 1. The molecule has 1 aliphatic rings. The first-order valence-electron chi connectivity index (χ1n) is 4.88. The highest BCUT2D eigenvalue weighted by Crippen LogP contribution is 2.44. The van der Waals surface area contributed by atoms with Crippen LogP contribution in [0.15, 0.2) is 30.3 Å². The van der Waals surface area contributed by atoms with Crippen molar-refractivity contribution in [3.05, 3.63) is 35.9 Å². The topological polar surface area (TPSA) is 64.8 Å². The van der Waals surface area contributed by atoms with Crippen LogP contribution >= 0.6 is 0 Å². The van der Waals surface area contributed by atoms with Crippen LogP contribution in [-0.4, -0.2) is 18.8 Å². The van der Waals surface area contributed by atoms with Gasteiger partial charge in [0.25, 0.3) is 0 Å². The van der Waals surface area contributed by atoms with Gasteiger partial charge in [0.05, 0.1) is 6.61 Å². The molecule has 0 bridgehead atoms. The maximum atomic E-state index is 11.7. The number of rotatable bonds is 3. The average molecular weight is 207 g/mol. The second-order valence-corrected chi connectivity index (χ2v) is 3.36. The molecule has 4 nitrogen and oxygen atoms in total. The monoisotopic (exact) mass is 207 g/mol. The Morgan fingerprint density at radius 1 is 1.53 bits per heavy atom. The van der Waals surface area contributed by atoms with Crippen molar-refractivity contribution in [3.8, 4) is 0 Å². The smallest absolute Gasteiger partial charge is 0.347 e. The number of carbonyl (C=O) groups excluding carboxylic acids is 1. The largest absolute Gasteiger partial charge is 0.463 e. The summed E-state index contributed by atoms with van der Waals surface area (Å²) in [5.41, 5.74) is 5.32. The van der Waals surface area contributed by atoms with Gasteiger partial charge in [0, 0.05) is 0 Å². The third kappa shape index (κ3) is 1.52. The van der Waals surface area contributed by atoms with E-state index in [2.05, 4.69) is 0 Å². The van der Waals surface area contributed by atoms with Crippen LogP contribution in [-0.2, 0) is 19.9 Å². The standard InChI is InChI=1S/C11H13NO3/c1-2-14-10(13)11(9(12)15-11)8-6-4-3-5-7-8/h3-7,9H,2,12H2,1H3. The first-order valence-corrected chi connectivity index (χ1v) is 4.88. The predicted molar refractivity (Wildman–Crippen MR) is 53.8 cm³/mol. The number of hydrogen-bond donors (Lipinski definition) is 1. The van der Waals surface area contributed by atoms with Gasteiger partial charge < -0.3 is 15.2 Å². The summed E-state index contributed by atoms with van der Waals surface area (Å²) in [7, 11) is 0. The zero-order chi connectivity index (χ0) is 10.9. The number of benzene rings is 1. The molecule has 15 heavy (non-hydrogen) atoms. The molecule has 0 aromatic heterocycles. The fourth-order valence-corrected chi connectivity index (χ4v) is 1.60. The number of nitrogens with two attached hydrogens (primary N) is 1. The Labute approximate surface area is 88.0 Å². The molecular weight excluding hydrogens is 194 g/mol. The van der Waals surface area contributed by atoms with Gasteiger partial charge in [-0.05, 0) is 12.5 Å². The van der Waals surface area contributed by atoms with E-state index in [0.717, 1.165) is 5.56 Å². The maximum Gasteiger partial charge on any atom is 0.347 e. The van der Waals surface area contributed by atoms with E-state index in [1.807, 2.05) is 30.3 Å². The molecule has 0 radical (unpaired) electrons. The van der Waals surface area contributed by atoms with Gasteiger partial charge in [-0.1, -0.05) is 30.3 Å². The molecule has 1 fully saturated rings. The summed E-state index contributed by atoms with van der Waals surface area (Å²) in [5.74, 6) is -0.413. The van der Waals surface area contributed by atoms with Gasteiger partial charge in [0.2, 0.25) is 5.60 Å². The summed E-state index contributed by atoms with van der Waals surface area (Å²) in [6.07, 6.45) is -0.598. The fourth-order valence-electron chi connectivity index (χ4n) is 1.60. The highest BCUT2D eigenvalue weighted by Gasteiger charge is 2.63.